The average Bonchev–Trinajstić information content (AvgIpc) is 2.88. The van der Waals surface area contributed by atoms with Gasteiger partial charge in [0.25, 0.3) is 0 Å². The van der Waals surface area contributed by atoms with Gasteiger partial charge in [-0.3, -0.25) is 0 Å². The number of hydrogen-bond acceptors (Lipinski definition) is 5. The summed E-state index contributed by atoms with van der Waals surface area (Å²) < 4.78 is 46.9. The minimum absolute atomic E-state index is 0.0155. The number of aromatic nitrogens is 2. The van der Waals surface area contributed by atoms with Crippen molar-refractivity contribution in [2.75, 3.05) is 32.6 Å². The number of likely N-dealkylation sites (tertiary alicyclic amines) is 1. The molecule has 2 aromatic carbocycles. The normalized spacial score (nSPS) is 15.1. The standard InChI is InChI=1S/C29H35F3N4O/c1-4-7-20-8-5-6-9-21(20)10-12-25-24(29(30,31)32)19-33-28(34-25)35-26-13-11-23(18-27(26)37-3)22-14-16-36(2)17-15-22/h5-6,8-9,11,13,18-19,22H,4,7,10,12,14-17H2,1-3H3,(H,33,34,35). The third-order valence-corrected chi connectivity index (χ3v) is 7.10. The number of halogens is 3. The van der Waals surface area contributed by atoms with E-state index in [0.29, 0.717) is 23.8 Å². The lowest BCUT2D eigenvalue weighted by molar-refractivity contribution is -0.138. The Labute approximate surface area is 217 Å². The summed E-state index contributed by atoms with van der Waals surface area (Å²) in [5.74, 6) is 1.20. The Bertz CT molecular complexity index is 1190. The van der Waals surface area contributed by atoms with Crippen LogP contribution >= 0.6 is 0 Å². The van der Waals surface area contributed by atoms with Crippen molar-refractivity contribution < 1.29 is 17.9 Å². The van der Waals surface area contributed by atoms with Gasteiger partial charge in [0, 0.05) is 6.20 Å². The molecule has 1 N–H and O–H groups in total. The Morgan fingerprint density at radius 3 is 2.38 bits per heavy atom. The van der Waals surface area contributed by atoms with Crippen LogP contribution in [0.5, 0.6) is 5.75 Å². The number of hydrogen-bond donors (Lipinski definition) is 1. The predicted octanol–water partition coefficient (Wildman–Crippen LogP) is 6.79. The van der Waals surface area contributed by atoms with Crippen LogP contribution in [-0.4, -0.2) is 42.1 Å². The maximum atomic E-state index is 13.8. The van der Waals surface area contributed by atoms with Gasteiger partial charge in [-0.1, -0.05) is 43.7 Å². The molecule has 198 valence electrons. The molecular formula is C29H35F3N4O. The first-order chi connectivity index (χ1) is 17.8. The molecule has 0 amide bonds. The number of methoxy groups -OCH3 is 1. The highest BCUT2D eigenvalue weighted by Gasteiger charge is 2.35. The van der Waals surface area contributed by atoms with Crippen molar-refractivity contribution >= 4 is 11.6 Å². The third-order valence-electron chi connectivity index (χ3n) is 7.10. The van der Waals surface area contributed by atoms with Crippen LogP contribution < -0.4 is 10.1 Å². The largest absolute Gasteiger partial charge is 0.495 e. The molecule has 1 aromatic heterocycles. The first-order valence-electron chi connectivity index (χ1n) is 12.9. The SMILES string of the molecule is CCCc1ccccc1CCc1nc(Nc2ccc(C3CCN(C)CC3)cc2OC)ncc1C(F)(F)F. The molecule has 3 aromatic rings. The number of piperidine rings is 1. The minimum atomic E-state index is -4.52. The first-order valence-corrected chi connectivity index (χ1v) is 12.9. The van der Waals surface area contributed by atoms with Crippen LogP contribution in [0.25, 0.3) is 0 Å². The summed E-state index contributed by atoms with van der Waals surface area (Å²) in [7, 11) is 3.72. The molecule has 0 saturated carbocycles. The van der Waals surface area contributed by atoms with Gasteiger partial charge in [-0.05, 0) is 87.0 Å². The van der Waals surface area contributed by atoms with Gasteiger partial charge in [0.2, 0.25) is 5.95 Å². The summed E-state index contributed by atoms with van der Waals surface area (Å²) in [6.45, 7) is 4.20. The quantitative estimate of drug-likeness (QED) is 0.342. The molecule has 2 heterocycles. The average molecular weight is 513 g/mol. The summed E-state index contributed by atoms with van der Waals surface area (Å²) in [5.41, 5.74) is 3.24. The van der Waals surface area contributed by atoms with Crippen molar-refractivity contribution in [1.29, 1.82) is 0 Å². The van der Waals surface area contributed by atoms with Crippen LogP contribution in [0, 0.1) is 0 Å². The molecule has 8 heteroatoms. The molecule has 37 heavy (non-hydrogen) atoms. The van der Waals surface area contributed by atoms with Crippen LogP contribution in [0.2, 0.25) is 0 Å². The topological polar surface area (TPSA) is 50.3 Å². The fraction of sp³-hybridized carbons (Fsp3) is 0.448. The second-order valence-corrected chi connectivity index (χ2v) is 9.73. The number of rotatable bonds is 9. The van der Waals surface area contributed by atoms with Gasteiger partial charge < -0.3 is 15.0 Å². The number of alkyl halides is 3. The third kappa shape index (κ3) is 6.80. The first kappa shape index (κ1) is 26.9. The zero-order valence-electron chi connectivity index (χ0n) is 21.7. The summed E-state index contributed by atoms with van der Waals surface area (Å²) in [6, 6.07) is 13.9. The van der Waals surface area contributed by atoms with Crippen molar-refractivity contribution in [3.63, 3.8) is 0 Å². The lowest BCUT2D eigenvalue weighted by Gasteiger charge is -2.29. The highest BCUT2D eigenvalue weighted by Crippen LogP contribution is 2.36. The van der Waals surface area contributed by atoms with Gasteiger partial charge in [0.1, 0.15) is 5.75 Å². The fourth-order valence-corrected chi connectivity index (χ4v) is 5.00. The van der Waals surface area contributed by atoms with Gasteiger partial charge in [0.15, 0.2) is 0 Å². The van der Waals surface area contributed by atoms with Gasteiger partial charge >= 0.3 is 6.18 Å². The molecule has 1 fully saturated rings. The number of benzene rings is 2. The monoisotopic (exact) mass is 512 g/mol. The Morgan fingerprint density at radius 2 is 1.73 bits per heavy atom. The van der Waals surface area contributed by atoms with E-state index in [-0.39, 0.29) is 18.1 Å². The van der Waals surface area contributed by atoms with Gasteiger partial charge in [-0.2, -0.15) is 13.2 Å². The molecule has 5 nitrogen and oxygen atoms in total. The lowest BCUT2D eigenvalue weighted by atomic mass is 9.89. The van der Waals surface area contributed by atoms with Crippen LogP contribution in [0.4, 0.5) is 24.8 Å². The van der Waals surface area contributed by atoms with E-state index in [1.54, 1.807) is 7.11 Å². The zero-order valence-corrected chi connectivity index (χ0v) is 21.7. The molecular weight excluding hydrogens is 477 g/mol. The molecule has 4 rings (SSSR count). The summed E-state index contributed by atoms with van der Waals surface area (Å²) in [4.78, 5) is 10.6. The Balaban J connectivity index is 1.56. The summed E-state index contributed by atoms with van der Waals surface area (Å²) in [5, 5.41) is 3.09. The van der Waals surface area contributed by atoms with E-state index in [1.807, 2.05) is 36.4 Å². The van der Waals surface area contributed by atoms with E-state index < -0.39 is 11.7 Å². The van der Waals surface area contributed by atoms with Gasteiger partial charge in [-0.25, -0.2) is 9.97 Å². The molecule has 0 aliphatic carbocycles. The fourth-order valence-electron chi connectivity index (χ4n) is 5.00. The maximum Gasteiger partial charge on any atom is 0.419 e. The van der Waals surface area contributed by atoms with Crippen LogP contribution in [0.3, 0.4) is 0 Å². The highest BCUT2D eigenvalue weighted by molar-refractivity contribution is 5.63. The molecule has 1 aliphatic rings. The van der Waals surface area contributed by atoms with Crippen LogP contribution in [-0.2, 0) is 25.4 Å². The van der Waals surface area contributed by atoms with E-state index in [4.69, 9.17) is 4.74 Å². The second-order valence-electron chi connectivity index (χ2n) is 9.73. The van der Waals surface area contributed by atoms with E-state index in [9.17, 15) is 13.2 Å². The van der Waals surface area contributed by atoms with Crippen molar-refractivity contribution in [3.8, 4) is 5.75 Å². The Morgan fingerprint density at radius 1 is 1.03 bits per heavy atom. The van der Waals surface area contributed by atoms with Crippen molar-refractivity contribution in [1.82, 2.24) is 14.9 Å². The number of nitrogens with one attached hydrogen (secondary N) is 1. The van der Waals surface area contributed by atoms with Crippen molar-refractivity contribution in [2.45, 2.75) is 57.5 Å². The molecule has 0 unspecified atom stereocenters. The van der Waals surface area contributed by atoms with Crippen LogP contribution in [0.1, 0.15) is 60.1 Å². The molecule has 1 aliphatic heterocycles. The Hall–Kier alpha value is -3.13. The summed E-state index contributed by atoms with van der Waals surface area (Å²) >= 11 is 0. The van der Waals surface area contributed by atoms with Gasteiger partial charge in [-0.15, -0.1) is 0 Å². The molecule has 0 radical (unpaired) electrons. The van der Waals surface area contributed by atoms with E-state index in [0.717, 1.165) is 50.5 Å². The number of nitrogens with zero attached hydrogens (tertiary/aromatic N) is 3. The minimum Gasteiger partial charge on any atom is -0.495 e. The van der Waals surface area contributed by atoms with Gasteiger partial charge in [0.05, 0.1) is 24.1 Å². The number of anilines is 2. The molecule has 0 atom stereocenters. The summed E-state index contributed by atoms with van der Waals surface area (Å²) in [6.07, 6.45) is 1.03. The number of aryl methyl sites for hydroxylation is 3. The van der Waals surface area contributed by atoms with E-state index in [1.165, 1.54) is 11.1 Å². The molecule has 0 spiro atoms. The predicted molar refractivity (Wildman–Crippen MR) is 141 cm³/mol. The zero-order chi connectivity index (χ0) is 26.4. The number of ether oxygens (including phenoxy) is 1. The van der Waals surface area contributed by atoms with Crippen LogP contribution in [0.15, 0.2) is 48.7 Å². The van der Waals surface area contributed by atoms with Crippen molar-refractivity contribution in [2.24, 2.45) is 0 Å². The lowest BCUT2D eigenvalue weighted by Crippen LogP contribution is -2.29. The van der Waals surface area contributed by atoms with E-state index in [2.05, 4.69) is 40.2 Å². The second kappa shape index (κ2) is 11.9. The Kier molecular flexibility index (Phi) is 8.69. The van der Waals surface area contributed by atoms with Crippen molar-refractivity contribution in [3.05, 3.63) is 76.6 Å². The highest BCUT2D eigenvalue weighted by atomic mass is 19.4. The smallest absolute Gasteiger partial charge is 0.419 e. The molecule has 0 bridgehead atoms. The molecule has 1 saturated heterocycles. The van der Waals surface area contributed by atoms with E-state index >= 15 is 0 Å². The maximum absolute atomic E-state index is 13.8.